The van der Waals surface area contributed by atoms with Gasteiger partial charge in [0.1, 0.15) is 0 Å². The topological polar surface area (TPSA) is 33.0 Å². The Morgan fingerprint density at radius 3 is 2.62 bits per heavy atom. The summed E-state index contributed by atoms with van der Waals surface area (Å²) in [6, 6.07) is 2.16. The van der Waals surface area contributed by atoms with Crippen molar-refractivity contribution in [2.75, 3.05) is 7.11 Å². The van der Waals surface area contributed by atoms with Crippen molar-refractivity contribution in [3.63, 3.8) is 0 Å². The lowest BCUT2D eigenvalue weighted by Crippen LogP contribution is -2.11. The van der Waals surface area contributed by atoms with Crippen molar-refractivity contribution in [3.05, 3.63) is 47.6 Å². The van der Waals surface area contributed by atoms with Crippen LogP contribution in [-0.4, -0.2) is 13.2 Å². The predicted molar refractivity (Wildman–Crippen MR) is 63.6 cm³/mol. The maximum Gasteiger partial charge on any atom is 0.0988 e. The van der Waals surface area contributed by atoms with Crippen molar-refractivity contribution in [2.24, 2.45) is 5.92 Å². The minimum atomic E-state index is 0.224. The van der Waals surface area contributed by atoms with Crippen LogP contribution in [0.3, 0.4) is 0 Å². The van der Waals surface area contributed by atoms with Crippen LogP contribution in [0, 0.1) is 17.2 Å². The molecule has 0 aliphatic heterocycles. The molecule has 16 heavy (non-hydrogen) atoms. The molecule has 0 aromatic carbocycles. The Morgan fingerprint density at radius 2 is 2.12 bits per heavy atom. The average Bonchev–Trinajstić information content (AvgIpc) is 2.39. The van der Waals surface area contributed by atoms with E-state index in [1.807, 2.05) is 12.2 Å². The van der Waals surface area contributed by atoms with Crippen LogP contribution < -0.4 is 0 Å². The molecule has 2 aliphatic rings. The zero-order valence-corrected chi connectivity index (χ0v) is 9.39. The van der Waals surface area contributed by atoms with E-state index in [4.69, 9.17) is 10.00 Å². The fraction of sp³-hybridized carbons (Fsp3) is 0.357. The second-order valence-electron chi connectivity index (χ2n) is 4.05. The highest BCUT2D eigenvalue weighted by Crippen LogP contribution is 2.27. The molecule has 2 aliphatic carbocycles. The molecular formula is C14H15NO. The van der Waals surface area contributed by atoms with Gasteiger partial charge in [0.25, 0.3) is 0 Å². The Hall–Kier alpha value is -1.59. The number of nitrogens with zero attached hydrogens (tertiary/aromatic N) is 1. The molecule has 0 aromatic heterocycles. The van der Waals surface area contributed by atoms with E-state index in [2.05, 4.69) is 30.4 Å². The van der Waals surface area contributed by atoms with Gasteiger partial charge in [0.15, 0.2) is 0 Å². The third kappa shape index (κ3) is 2.32. The fourth-order valence-electron chi connectivity index (χ4n) is 2.02. The summed E-state index contributed by atoms with van der Waals surface area (Å²) in [5.74, 6) is 0.422. The van der Waals surface area contributed by atoms with E-state index in [0.717, 1.165) is 18.4 Å². The summed E-state index contributed by atoms with van der Waals surface area (Å²) >= 11 is 0. The highest BCUT2D eigenvalue weighted by atomic mass is 16.5. The first kappa shape index (κ1) is 10.9. The molecule has 2 heteroatoms. The molecule has 0 saturated carbocycles. The van der Waals surface area contributed by atoms with Gasteiger partial charge in [-0.05, 0) is 24.5 Å². The summed E-state index contributed by atoms with van der Waals surface area (Å²) in [4.78, 5) is 0. The monoisotopic (exact) mass is 213 g/mol. The van der Waals surface area contributed by atoms with E-state index >= 15 is 0 Å². The normalized spacial score (nSPS) is 28.2. The molecule has 2 atom stereocenters. The van der Waals surface area contributed by atoms with Gasteiger partial charge in [-0.15, -0.1) is 0 Å². The Bertz CT molecular complexity index is 421. The summed E-state index contributed by atoms with van der Waals surface area (Å²) in [6.07, 6.45) is 14.6. The number of nitriles is 1. The lowest BCUT2D eigenvalue weighted by atomic mass is 9.87. The molecule has 0 spiro atoms. The minimum absolute atomic E-state index is 0.224. The quantitative estimate of drug-likeness (QED) is 0.706. The molecule has 0 bridgehead atoms. The second-order valence-corrected chi connectivity index (χ2v) is 4.05. The van der Waals surface area contributed by atoms with Crippen molar-refractivity contribution in [3.8, 4) is 6.07 Å². The first-order chi connectivity index (χ1) is 7.83. The summed E-state index contributed by atoms with van der Waals surface area (Å²) in [7, 11) is 1.73. The van der Waals surface area contributed by atoms with Crippen LogP contribution in [-0.2, 0) is 4.74 Å². The van der Waals surface area contributed by atoms with Crippen LogP contribution in [0.1, 0.15) is 12.8 Å². The number of hydrogen-bond acceptors (Lipinski definition) is 2. The van der Waals surface area contributed by atoms with Crippen LogP contribution in [0.15, 0.2) is 47.6 Å². The van der Waals surface area contributed by atoms with E-state index < -0.39 is 0 Å². The first-order valence-electron chi connectivity index (χ1n) is 5.53. The third-order valence-corrected chi connectivity index (χ3v) is 3.05. The Balaban J connectivity index is 2.01. The molecule has 0 fully saturated rings. The maximum absolute atomic E-state index is 8.74. The van der Waals surface area contributed by atoms with Crippen molar-refractivity contribution in [1.82, 2.24) is 0 Å². The zero-order valence-electron chi connectivity index (χ0n) is 9.39. The fourth-order valence-corrected chi connectivity index (χ4v) is 2.02. The van der Waals surface area contributed by atoms with Crippen LogP contribution in [0.2, 0.25) is 0 Å². The number of hydrogen-bond donors (Lipinski definition) is 0. The van der Waals surface area contributed by atoms with Crippen LogP contribution in [0.5, 0.6) is 0 Å². The molecule has 2 unspecified atom stereocenters. The molecule has 2 rings (SSSR count). The largest absolute Gasteiger partial charge is 0.377 e. The van der Waals surface area contributed by atoms with Crippen LogP contribution in [0.4, 0.5) is 0 Å². The summed E-state index contributed by atoms with van der Waals surface area (Å²) in [5, 5.41) is 8.74. The van der Waals surface area contributed by atoms with E-state index in [1.54, 1.807) is 7.11 Å². The number of rotatable bonds is 2. The standard InChI is InChI=1S/C14H15NO/c1-16-14-8-6-13(7-9-14)12-4-2-11(10-15)3-5-12/h2-4,6-8,12,14H,5,9H2,1H3. The number of methoxy groups -OCH3 is 1. The zero-order chi connectivity index (χ0) is 11.4. The highest BCUT2D eigenvalue weighted by molar-refractivity contribution is 5.40. The van der Waals surface area contributed by atoms with Gasteiger partial charge < -0.3 is 4.74 Å². The molecule has 0 N–H and O–H groups in total. The molecule has 0 amide bonds. The van der Waals surface area contributed by atoms with E-state index in [0.29, 0.717) is 5.92 Å². The maximum atomic E-state index is 8.74. The summed E-state index contributed by atoms with van der Waals surface area (Å²) in [5.41, 5.74) is 2.10. The van der Waals surface area contributed by atoms with Gasteiger partial charge in [0.05, 0.1) is 12.2 Å². The number of ether oxygens (including phenoxy) is 1. The van der Waals surface area contributed by atoms with Crippen molar-refractivity contribution >= 4 is 0 Å². The van der Waals surface area contributed by atoms with Gasteiger partial charge in [-0.1, -0.05) is 30.4 Å². The molecular weight excluding hydrogens is 198 g/mol. The van der Waals surface area contributed by atoms with Crippen LogP contribution in [0.25, 0.3) is 0 Å². The first-order valence-corrected chi connectivity index (χ1v) is 5.53. The minimum Gasteiger partial charge on any atom is -0.377 e. The van der Waals surface area contributed by atoms with Gasteiger partial charge in [0, 0.05) is 18.6 Å². The second kappa shape index (κ2) is 4.96. The highest BCUT2D eigenvalue weighted by Gasteiger charge is 2.15. The molecule has 0 aromatic rings. The third-order valence-electron chi connectivity index (χ3n) is 3.05. The Morgan fingerprint density at radius 1 is 1.25 bits per heavy atom. The van der Waals surface area contributed by atoms with Crippen molar-refractivity contribution in [2.45, 2.75) is 18.9 Å². The Kier molecular flexibility index (Phi) is 3.38. The summed E-state index contributed by atoms with van der Waals surface area (Å²) < 4.78 is 5.26. The molecule has 82 valence electrons. The van der Waals surface area contributed by atoms with Gasteiger partial charge in [-0.2, -0.15) is 5.26 Å². The molecule has 2 nitrogen and oxygen atoms in total. The SMILES string of the molecule is COC1C=CC(C2C=CC(C#N)=CC2)=CC1. The average molecular weight is 213 g/mol. The van der Waals surface area contributed by atoms with Gasteiger partial charge in [-0.3, -0.25) is 0 Å². The van der Waals surface area contributed by atoms with Crippen LogP contribution >= 0.6 is 0 Å². The van der Waals surface area contributed by atoms with Gasteiger partial charge >= 0.3 is 0 Å². The number of allylic oxidation sites excluding steroid dienone is 6. The Labute approximate surface area is 96.2 Å². The summed E-state index contributed by atoms with van der Waals surface area (Å²) in [6.45, 7) is 0. The van der Waals surface area contributed by atoms with E-state index in [-0.39, 0.29) is 6.10 Å². The molecule has 0 saturated heterocycles. The van der Waals surface area contributed by atoms with Crippen molar-refractivity contribution in [1.29, 1.82) is 5.26 Å². The molecule has 0 radical (unpaired) electrons. The predicted octanol–water partition coefficient (Wildman–Crippen LogP) is 2.91. The van der Waals surface area contributed by atoms with Gasteiger partial charge in [0.2, 0.25) is 0 Å². The molecule has 0 heterocycles. The van der Waals surface area contributed by atoms with Gasteiger partial charge in [-0.25, -0.2) is 0 Å². The van der Waals surface area contributed by atoms with E-state index in [1.165, 1.54) is 5.57 Å². The van der Waals surface area contributed by atoms with E-state index in [9.17, 15) is 0 Å². The lowest BCUT2D eigenvalue weighted by molar-refractivity contribution is 0.142. The smallest absolute Gasteiger partial charge is 0.0988 e. The lowest BCUT2D eigenvalue weighted by Gasteiger charge is -2.20. The van der Waals surface area contributed by atoms with Crippen molar-refractivity contribution < 1.29 is 4.74 Å².